The Morgan fingerprint density at radius 3 is 3.00 bits per heavy atom. The topological polar surface area (TPSA) is 46.6 Å². The van der Waals surface area contributed by atoms with Gasteiger partial charge in [-0.2, -0.15) is 11.8 Å². The van der Waals surface area contributed by atoms with Crippen LogP contribution in [0.2, 0.25) is 0 Å². The number of esters is 1. The third-order valence-electron chi connectivity index (χ3n) is 4.08. The number of hydrogen-bond donors (Lipinski definition) is 0. The molecule has 3 unspecified atom stereocenters. The van der Waals surface area contributed by atoms with Crippen molar-refractivity contribution in [2.24, 2.45) is 5.92 Å². The van der Waals surface area contributed by atoms with Gasteiger partial charge < -0.3 is 9.64 Å². The summed E-state index contributed by atoms with van der Waals surface area (Å²) in [6.45, 7) is 3.72. The molecule has 5 heteroatoms. The lowest BCUT2D eigenvalue weighted by Crippen LogP contribution is -2.32. The van der Waals surface area contributed by atoms with Gasteiger partial charge in [-0.1, -0.05) is 24.3 Å². The Morgan fingerprint density at radius 1 is 1.52 bits per heavy atom. The van der Waals surface area contributed by atoms with Crippen molar-refractivity contribution >= 4 is 29.3 Å². The summed E-state index contributed by atoms with van der Waals surface area (Å²) in [6, 6.07) is 7.93. The molecule has 2 heterocycles. The number of ether oxygens (including phenoxy) is 1. The Hall–Kier alpha value is -1.75. The maximum Gasteiger partial charge on any atom is 0.319 e. The van der Waals surface area contributed by atoms with Gasteiger partial charge in [0.25, 0.3) is 0 Å². The van der Waals surface area contributed by atoms with E-state index in [-0.39, 0.29) is 17.2 Å². The first-order valence-electron chi connectivity index (χ1n) is 6.90. The highest BCUT2D eigenvalue weighted by molar-refractivity contribution is 8.00. The molecular formula is C16H17NO3S. The molecule has 21 heavy (non-hydrogen) atoms. The molecule has 0 radical (unpaired) electrons. The fourth-order valence-corrected chi connectivity index (χ4v) is 4.44. The van der Waals surface area contributed by atoms with E-state index >= 15 is 0 Å². The molecule has 1 amide bonds. The van der Waals surface area contributed by atoms with Crippen LogP contribution in [0.15, 0.2) is 36.9 Å². The molecule has 2 aliphatic rings. The van der Waals surface area contributed by atoms with E-state index in [1.54, 1.807) is 22.7 Å². The van der Waals surface area contributed by atoms with Crippen LogP contribution in [0, 0.1) is 5.92 Å². The smallest absolute Gasteiger partial charge is 0.319 e. The van der Waals surface area contributed by atoms with Gasteiger partial charge in [-0.15, -0.1) is 6.58 Å². The van der Waals surface area contributed by atoms with E-state index in [1.807, 2.05) is 24.3 Å². The normalized spacial score (nSPS) is 26.4. The van der Waals surface area contributed by atoms with Crippen LogP contribution in [0.5, 0.6) is 0 Å². The molecule has 3 atom stereocenters. The Bertz CT molecular complexity index is 601. The van der Waals surface area contributed by atoms with Gasteiger partial charge in [0.15, 0.2) is 0 Å². The van der Waals surface area contributed by atoms with Crippen LogP contribution in [0.25, 0.3) is 0 Å². The summed E-state index contributed by atoms with van der Waals surface area (Å²) in [5.74, 6) is -0.573. The van der Waals surface area contributed by atoms with Gasteiger partial charge in [0.1, 0.15) is 5.92 Å². The molecule has 1 aromatic carbocycles. The zero-order valence-corrected chi connectivity index (χ0v) is 12.6. The minimum Gasteiger partial charge on any atom is -0.468 e. The second-order valence-corrected chi connectivity index (χ2v) is 6.41. The third kappa shape index (κ3) is 2.16. The molecule has 3 rings (SSSR count). The Labute approximate surface area is 128 Å². The number of nitrogens with zero attached hydrogens (tertiary/aromatic N) is 1. The first-order chi connectivity index (χ1) is 10.2. The van der Waals surface area contributed by atoms with E-state index in [1.165, 1.54) is 12.7 Å². The van der Waals surface area contributed by atoms with Crippen molar-refractivity contribution in [3.63, 3.8) is 0 Å². The number of methoxy groups -OCH3 is 1. The highest BCUT2D eigenvalue weighted by Crippen LogP contribution is 2.45. The monoisotopic (exact) mass is 303 g/mol. The van der Waals surface area contributed by atoms with E-state index in [0.717, 1.165) is 12.1 Å². The van der Waals surface area contributed by atoms with Gasteiger partial charge in [0.05, 0.1) is 13.2 Å². The zero-order chi connectivity index (χ0) is 15.0. The minimum atomic E-state index is -0.710. The second-order valence-electron chi connectivity index (χ2n) is 5.20. The largest absolute Gasteiger partial charge is 0.468 e. The molecule has 1 saturated heterocycles. The predicted octanol–water partition coefficient (Wildman–Crippen LogP) is 2.03. The number of amides is 1. The molecule has 0 aliphatic carbocycles. The molecule has 1 aromatic rings. The lowest BCUT2D eigenvalue weighted by molar-refractivity contribution is -0.147. The van der Waals surface area contributed by atoms with Crippen molar-refractivity contribution in [1.82, 2.24) is 0 Å². The average molecular weight is 303 g/mol. The van der Waals surface area contributed by atoms with Crippen molar-refractivity contribution in [2.45, 2.75) is 17.7 Å². The first-order valence-corrected chi connectivity index (χ1v) is 7.95. The fraction of sp³-hybridized carbons (Fsp3) is 0.375. The Balaban J connectivity index is 1.97. The summed E-state index contributed by atoms with van der Waals surface area (Å²) in [6.07, 6.45) is 2.60. The number of thioether (sulfide) groups is 1. The van der Waals surface area contributed by atoms with Crippen molar-refractivity contribution in [2.75, 3.05) is 17.8 Å². The Kier molecular flexibility index (Phi) is 3.76. The quantitative estimate of drug-likeness (QED) is 0.485. The van der Waals surface area contributed by atoms with Crippen LogP contribution < -0.4 is 4.90 Å². The van der Waals surface area contributed by atoms with Gasteiger partial charge in [-0.3, -0.25) is 9.59 Å². The number of rotatable bonds is 4. The predicted molar refractivity (Wildman–Crippen MR) is 83.4 cm³/mol. The van der Waals surface area contributed by atoms with E-state index in [4.69, 9.17) is 4.74 Å². The summed E-state index contributed by atoms with van der Waals surface area (Å²) >= 11 is 1.61. The Morgan fingerprint density at radius 2 is 2.29 bits per heavy atom. The summed E-state index contributed by atoms with van der Waals surface area (Å²) in [5, 5.41) is -0.0876. The molecule has 0 aromatic heterocycles. The van der Waals surface area contributed by atoms with Crippen LogP contribution in [0.4, 0.5) is 5.69 Å². The summed E-state index contributed by atoms with van der Waals surface area (Å²) < 4.78 is 4.84. The van der Waals surface area contributed by atoms with Crippen molar-refractivity contribution in [1.29, 1.82) is 0 Å². The maximum atomic E-state index is 12.7. The number of carbonyl (C=O) groups is 2. The minimum absolute atomic E-state index is 0.0314. The molecule has 0 spiro atoms. The lowest BCUT2D eigenvalue weighted by atomic mass is 10.00. The number of para-hydroxylation sites is 1. The third-order valence-corrected chi connectivity index (χ3v) is 5.48. The number of hydrogen-bond acceptors (Lipinski definition) is 4. The van der Waals surface area contributed by atoms with Crippen LogP contribution in [0.3, 0.4) is 0 Å². The van der Waals surface area contributed by atoms with Crippen molar-refractivity contribution in [3.8, 4) is 0 Å². The highest BCUT2D eigenvalue weighted by atomic mass is 32.2. The molecule has 0 bridgehead atoms. The number of carbonyl (C=O) groups excluding carboxylic acids is 2. The molecular weight excluding hydrogens is 286 g/mol. The van der Waals surface area contributed by atoms with E-state index in [0.29, 0.717) is 5.75 Å². The number of anilines is 1. The van der Waals surface area contributed by atoms with Crippen LogP contribution in [-0.2, 0) is 20.7 Å². The first kappa shape index (κ1) is 14.2. The van der Waals surface area contributed by atoms with Gasteiger partial charge >= 0.3 is 5.97 Å². The van der Waals surface area contributed by atoms with Crippen LogP contribution >= 0.6 is 11.8 Å². The molecule has 0 N–H and O–H groups in total. The fourth-order valence-electron chi connectivity index (χ4n) is 3.22. The standard InChI is InChI=1S/C16H17NO3S/c1-3-8-21-14-12-9-10-6-4-5-7-11(10)17(12)15(18)13(14)16(19)20-2/h3-7,12-14H,1,8-9H2,2H3. The van der Waals surface area contributed by atoms with Crippen LogP contribution in [-0.4, -0.2) is 36.0 Å². The SMILES string of the molecule is C=CCSC1C(C(=O)OC)C(=O)N2c3ccccc3CC12. The molecule has 2 aliphatic heterocycles. The zero-order valence-electron chi connectivity index (χ0n) is 11.8. The number of benzene rings is 1. The molecule has 110 valence electrons. The van der Waals surface area contributed by atoms with Crippen molar-refractivity contribution in [3.05, 3.63) is 42.5 Å². The van der Waals surface area contributed by atoms with Gasteiger partial charge in [-0.25, -0.2) is 0 Å². The summed E-state index contributed by atoms with van der Waals surface area (Å²) in [5.41, 5.74) is 2.10. The maximum absolute atomic E-state index is 12.7. The van der Waals surface area contributed by atoms with Gasteiger partial charge in [0.2, 0.25) is 5.91 Å². The van der Waals surface area contributed by atoms with Crippen LogP contribution in [0.1, 0.15) is 5.56 Å². The van der Waals surface area contributed by atoms with Gasteiger partial charge in [-0.05, 0) is 18.1 Å². The molecule has 4 nitrogen and oxygen atoms in total. The molecule has 1 fully saturated rings. The van der Waals surface area contributed by atoms with E-state index in [2.05, 4.69) is 6.58 Å². The van der Waals surface area contributed by atoms with E-state index in [9.17, 15) is 9.59 Å². The lowest BCUT2D eigenvalue weighted by Gasteiger charge is -2.20. The highest BCUT2D eigenvalue weighted by Gasteiger charge is 2.55. The average Bonchev–Trinajstić information content (AvgIpc) is 3.00. The summed E-state index contributed by atoms with van der Waals surface area (Å²) in [4.78, 5) is 26.5. The van der Waals surface area contributed by atoms with Crippen molar-refractivity contribution < 1.29 is 14.3 Å². The van der Waals surface area contributed by atoms with E-state index < -0.39 is 11.9 Å². The second kappa shape index (κ2) is 5.56. The number of fused-ring (bicyclic) bond motifs is 3. The molecule has 0 saturated carbocycles. The summed E-state index contributed by atoms with van der Waals surface area (Å²) in [7, 11) is 1.34. The van der Waals surface area contributed by atoms with Gasteiger partial charge in [0, 0.05) is 16.7 Å².